The number of methoxy groups -OCH3 is 1. The smallest absolute Gasteiger partial charge is 0.242 e. The van der Waals surface area contributed by atoms with E-state index in [1.165, 1.54) is 25.3 Å². The lowest BCUT2D eigenvalue weighted by Gasteiger charge is -2.14. The lowest BCUT2D eigenvalue weighted by molar-refractivity contribution is 0.180. The molecule has 0 aliphatic carbocycles. The Hall–Kier alpha value is -0.730. The van der Waals surface area contributed by atoms with Crippen molar-refractivity contribution in [2.75, 3.05) is 13.7 Å². The summed E-state index contributed by atoms with van der Waals surface area (Å²) in [6, 6.07) is 3.96. The first kappa shape index (κ1) is 16.3. The van der Waals surface area contributed by atoms with E-state index in [1.54, 1.807) is 6.92 Å². The van der Waals surface area contributed by atoms with Crippen molar-refractivity contribution in [3.63, 3.8) is 0 Å². The molecule has 1 atom stereocenters. The molecule has 3 N–H and O–H groups in total. The van der Waals surface area contributed by atoms with Gasteiger partial charge in [0.1, 0.15) is 9.88 Å². The van der Waals surface area contributed by atoms with Crippen LogP contribution in [0.1, 0.15) is 12.5 Å². The van der Waals surface area contributed by atoms with Crippen molar-refractivity contribution in [1.82, 2.24) is 4.72 Å². The van der Waals surface area contributed by atoms with E-state index in [0.717, 1.165) is 0 Å². The summed E-state index contributed by atoms with van der Waals surface area (Å²) in [5.74, 6) is 0. The largest absolute Gasteiger partial charge is 0.389 e. The summed E-state index contributed by atoms with van der Waals surface area (Å²) in [4.78, 5) is 0.142. The summed E-state index contributed by atoms with van der Waals surface area (Å²) in [6.45, 7) is 1.96. The molecule has 0 amide bonds. The molecule has 1 rings (SSSR count). The molecule has 19 heavy (non-hydrogen) atoms. The van der Waals surface area contributed by atoms with Crippen molar-refractivity contribution >= 4 is 38.8 Å². The van der Waals surface area contributed by atoms with E-state index in [9.17, 15) is 8.42 Å². The molecule has 1 aromatic rings. The fraction of sp³-hybridized carbons (Fsp3) is 0.364. The number of ether oxygens (including phenoxy) is 1. The van der Waals surface area contributed by atoms with Crippen LogP contribution in [0.5, 0.6) is 0 Å². The third-order valence-corrected chi connectivity index (χ3v) is 4.59. The summed E-state index contributed by atoms with van der Waals surface area (Å²) in [6.07, 6.45) is 0. The van der Waals surface area contributed by atoms with Crippen LogP contribution < -0.4 is 10.5 Å². The van der Waals surface area contributed by atoms with Gasteiger partial charge < -0.3 is 10.5 Å². The van der Waals surface area contributed by atoms with Gasteiger partial charge in [-0.05, 0) is 19.1 Å². The topological polar surface area (TPSA) is 81.4 Å². The van der Waals surface area contributed by atoms with E-state index >= 15 is 0 Å². The van der Waals surface area contributed by atoms with E-state index < -0.39 is 10.0 Å². The number of hydrogen-bond acceptors (Lipinski definition) is 4. The van der Waals surface area contributed by atoms with E-state index in [4.69, 9.17) is 34.3 Å². The highest BCUT2D eigenvalue weighted by atomic mass is 35.5. The van der Waals surface area contributed by atoms with Gasteiger partial charge in [0, 0.05) is 18.7 Å². The molecule has 8 heteroatoms. The summed E-state index contributed by atoms with van der Waals surface area (Å²) < 4.78 is 31.5. The van der Waals surface area contributed by atoms with Gasteiger partial charge in [0.25, 0.3) is 0 Å². The van der Waals surface area contributed by atoms with Crippen LogP contribution in [-0.2, 0) is 14.8 Å². The highest BCUT2D eigenvalue weighted by Gasteiger charge is 2.20. The molecule has 0 aliphatic rings. The van der Waals surface area contributed by atoms with Crippen molar-refractivity contribution in [3.8, 4) is 0 Å². The zero-order valence-electron chi connectivity index (χ0n) is 10.5. The number of thiocarbonyl (C=S) groups is 1. The first-order valence-corrected chi connectivity index (χ1v) is 7.65. The standard InChI is InChI=1S/C11H15ClN2O3S2/c1-7(6-17-2)14-19(15,16)10-4-3-8(11(13)18)5-9(10)12/h3-5,7,14H,6H2,1-2H3,(H2,13,18). The minimum absolute atomic E-state index is 0.0166. The molecule has 0 spiro atoms. The lowest BCUT2D eigenvalue weighted by Crippen LogP contribution is -2.35. The second-order valence-electron chi connectivity index (χ2n) is 3.99. The first-order chi connectivity index (χ1) is 8.77. The normalized spacial score (nSPS) is 13.2. The quantitative estimate of drug-likeness (QED) is 0.771. The third kappa shape index (κ3) is 4.39. The first-order valence-electron chi connectivity index (χ1n) is 5.38. The second kappa shape index (κ2) is 6.62. The number of rotatable bonds is 6. The third-order valence-electron chi connectivity index (χ3n) is 2.28. The van der Waals surface area contributed by atoms with Gasteiger partial charge in [0.15, 0.2) is 0 Å². The van der Waals surface area contributed by atoms with E-state index in [0.29, 0.717) is 5.56 Å². The van der Waals surface area contributed by atoms with Gasteiger partial charge in [-0.25, -0.2) is 13.1 Å². The minimum Gasteiger partial charge on any atom is -0.389 e. The predicted octanol–water partition coefficient (Wildman–Crippen LogP) is 1.29. The number of benzene rings is 1. The van der Waals surface area contributed by atoms with Crippen LogP contribution in [0.25, 0.3) is 0 Å². The van der Waals surface area contributed by atoms with E-state index in [2.05, 4.69) is 4.72 Å². The molecule has 0 aliphatic heterocycles. The average molecular weight is 323 g/mol. The Morgan fingerprint density at radius 1 is 1.58 bits per heavy atom. The zero-order valence-corrected chi connectivity index (χ0v) is 12.9. The molecule has 1 unspecified atom stereocenters. The maximum Gasteiger partial charge on any atom is 0.242 e. The van der Waals surface area contributed by atoms with Crippen LogP contribution in [0.15, 0.2) is 23.1 Å². The molecular formula is C11H15ClN2O3S2. The van der Waals surface area contributed by atoms with Gasteiger partial charge in [-0.3, -0.25) is 0 Å². The Kier molecular flexibility index (Phi) is 5.69. The van der Waals surface area contributed by atoms with Crippen LogP contribution >= 0.6 is 23.8 Å². The van der Waals surface area contributed by atoms with Crippen LogP contribution in [0, 0.1) is 0 Å². The summed E-state index contributed by atoms with van der Waals surface area (Å²) in [7, 11) is -2.21. The lowest BCUT2D eigenvalue weighted by atomic mass is 10.2. The highest BCUT2D eigenvalue weighted by molar-refractivity contribution is 7.89. The number of nitrogens with one attached hydrogen (secondary N) is 1. The van der Waals surface area contributed by atoms with E-state index in [1.807, 2.05) is 0 Å². The van der Waals surface area contributed by atoms with Gasteiger partial charge >= 0.3 is 0 Å². The molecule has 1 aromatic carbocycles. The van der Waals surface area contributed by atoms with Gasteiger partial charge in [-0.15, -0.1) is 0 Å². The SMILES string of the molecule is COCC(C)NS(=O)(=O)c1ccc(C(N)=S)cc1Cl. The van der Waals surface area contributed by atoms with Crippen molar-refractivity contribution in [3.05, 3.63) is 28.8 Å². The number of sulfonamides is 1. The molecule has 5 nitrogen and oxygen atoms in total. The molecule has 0 bridgehead atoms. The van der Waals surface area contributed by atoms with Gasteiger partial charge in [-0.1, -0.05) is 29.9 Å². The Labute approximate surface area is 123 Å². The van der Waals surface area contributed by atoms with Crippen molar-refractivity contribution in [2.24, 2.45) is 5.73 Å². The highest BCUT2D eigenvalue weighted by Crippen LogP contribution is 2.22. The minimum atomic E-state index is -3.70. The summed E-state index contributed by atoms with van der Waals surface area (Å²) >= 11 is 10.8. The second-order valence-corrected chi connectivity index (χ2v) is 6.52. The van der Waals surface area contributed by atoms with Crippen LogP contribution in [0.4, 0.5) is 0 Å². The van der Waals surface area contributed by atoms with Crippen LogP contribution in [-0.4, -0.2) is 33.2 Å². The van der Waals surface area contributed by atoms with E-state index in [-0.39, 0.29) is 27.6 Å². The van der Waals surface area contributed by atoms with Crippen LogP contribution in [0.3, 0.4) is 0 Å². The van der Waals surface area contributed by atoms with Gasteiger partial charge in [0.05, 0.1) is 11.6 Å². The number of halogens is 1. The zero-order chi connectivity index (χ0) is 14.6. The van der Waals surface area contributed by atoms with Crippen molar-refractivity contribution < 1.29 is 13.2 Å². The fourth-order valence-electron chi connectivity index (χ4n) is 1.48. The molecule has 0 heterocycles. The monoisotopic (exact) mass is 322 g/mol. The average Bonchev–Trinajstić information content (AvgIpc) is 2.27. The Morgan fingerprint density at radius 2 is 2.21 bits per heavy atom. The Bertz CT molecular complexity index is 575. The Balaban J connectivity index is 3.05. The molecular weight excluding hydrogens is 308 g/mol. The Morgan fingerprint density at radius 3 is 2.68 bits per heavy atom. The molecule has 0 saturated heterocycles. The molecule has 106 valence electrons. The molecule has 0 radical (unpaired) electrons. The maximum atomic E-state index is 12.1. The van der Waals surface area contributed by atoms with Gasteiger partial charge in [-0.2, -0.15) is 0 Å². The molecule has 0 saturated carbocycles. The van der Waals surface area contributed by atoms with Crippen molar-refractivity contribution in [2.45, 2.75) is 17.9 Å². The van der Waals surface area contributed by atoms with Crippen molar-refractivity contribution in [1.29, 1.82) is 0 Å². The molecule has 0 aromatic heterocycles. The van der Waals surface area contributed by atoms with Gasteiger partial charge in [0.2, 0.25) is 10.0 Å². The van der Waals surface area contributed by atoms with Crippen LogP contribution in [0.2, 0.25) is 5.02 Å². The number of hydrogen-bond donors (Lipinski definition) is 2. The summed E-state index contributed by atoms with van der Waals surface area (Å²) in [5.41, 5.74) is 5.97. The maximum absolute atomic E-state index is 12.1. The number of nitrogens with two attached hydrogens (primary N) is 1. The predicted molar refractivity (Wildman–Crippen MR) is 79.0 cm³/mol. The summed E-state index contributed by atoms with van der Waals surface area (Å²) in [5, 5.41) is 0.0717. The molecule has 0 fully saturated rings. The fourth-order valence-corrected chi connectivity index (χ4v) is 3.38.